The number of nitrogens with zero attached hydrogens (tertiary/aromatic N) is 5. The molecule has 0 saturated carbocycles. The molecule has 0 unspecified atom stereocenters. The van der Waals surface area contributed by atoms with Crippen LogP contribution in [0.2, 0.25) is 0 Å². The summed E-state index contributed by atoms with van der Waals surface area (Å²) in [6.07, 6.45) is 7.93. The minimum Gasteiger partial charge on any atom is -0.381 e. The summed E-state index contributed by atoms with van der Waals surface area (Å²) in [5.41, 5.74) is 5.09. The van der Waals surface area contributed by atoms with Gasteiger partial charge in [0.1, 0.15) is 0 Å². The van der Waals surface area contributed by atoms with Gasteiger partial charge in [-0.1, -0.05) is 0 Å². The first-order chi connectivity index (χ1) is 10.7. The van der Waals surface area contributed by atoms with Gasteiger partial charge in [0.2, 0.25) is 0 Å². The Hall–Kier alpha value is -2.21. The Balaban J connectivity index is 1.72. The van der Waals surface area contributed by atoms with Crippen molar-refractivity contribution in [1.29, 1.82) is 0 Å². The van der Waals surface area contributed by atoms with Crippen molar-refractivity contribution >= 4 is 5.65 Å². The van der Waals surface area contributed by atoms with Crippen LogP contribution in [0.3, 0.4) is 0 Å². The van der Waals surface area contributed by atoms with E-state index in [1.165, 1.54) is 0 Å². The molecule has 0 amide bonds. The summed E-state index contributed by atoms with van der Waals surface area (Å²) in [4.78, 5) is 4.40. The van der Waals surface area contributed by atoms with Crippen LogP contribution in [-0.4, -0.2) is 37.6 Å². The molecule has 4 rings (SSSR count). The summed E-state index contributed by atoms with van der Waals surface area (Å²) in [7, 11) is 0. The van der Waals surface area contributed by atoms with Crippen LogP contribution in [0.1, 0.15) is 30.3 Å². The average molecular weight is 297 g/mol. The highest BCUT2D eigenvalue weighted by Crippen LogP contribution is 2.26. The van der Waals surface area contributed by atoms with E-state index in [1.807, 2.05) is 30.8 Å². The Morgan fingerprint density at radius 2 is 2.00 bits per heavy atom. The second-order valence-electron chi connectivity index (χ2n) is 5.87. The van der Waals surface area contributed by atoms with E-state index in [-0.39, 0.29) is 0 Å². The van der Waals surface area contributed by atoms with E-state index in [2.05, 4.69) is 32.1 Å². The number of aryl methyl sites for hydroxylation is 2. The van der Waals surface area contributed by atoms with Gasteiger partial charge in [0, 0.05) is 30.5 Å². The molecule has 0 N–H and O–H groups in total. The molecule has 0 atom stereocenters. The second kappa shape index (κ2) is 5.21. The highest BCUT2D eigenvalue weighted by molar-refractivity contribution is 5.68. The third-order valence-electron chi connectivity index (χ3n) is 4.33. The first-order valence-electron chi connectivity index (χ1n) is 7.66. The van der Waals surface area contributed by atoms with Gasteiger partial charge in [-0.15, -0.1) is 0 Å². The van der Waals surface area contributed by atoms with Crippen LogP contribution < -0.4 is 0 Å². The van der Waals surface area contributed by atoms with E-state index in [4.69, 9.17) is 4.74 Å². The fourth-order valence-electron chi connectivity index (χ4n) is 3.03. The Bertz CT molecular complexity index is 813. The summed E-state index contributed by atoms with van der Waals surface area (Å²) in [6, 6.07) is 2.52. The van der Waals surface area contributed by atoms with Gasteiger partial charge in [0.15, 0.2) is 5.65 Å². The van der Waals surface area contributed by atoms with Crippen molar-refractivity contribution in [3.05, 3.63) is 36.0 Å². The quantitative estimate of drug-likeness (QED) is 0.729. The van der Waals surface area contributed by atoms with E-state index >= 15 is 0 Å². The van der Waals surface area contributed by atoms with E-state index in [0.29, 0.717) is 6.04 Å². The van der Waals surface area contributed by atoms with Gasteiger partial charge in [0.05, 0.1) is 29.8 Å². The highest BCUT2D eigenvalue weighted by Gasteiger charge is 2.17. The van der Waals surface area contributed by atoms with Crippen LogP contribution >= 0.6 is 0 Å². The highest BCUT2D eigenvalue weighted by atomic mass is 16.5. The van der Waals surface area contributed by atoms with E-state index < -0.39 is 0 Å². The summed E-state index contributed by atoms with van der Waals surface area (Å²) in [6.45, 7) is 5.68. The molecule has 3 aromatic rings. The fourth-order valence-corrected chi connectivity index (χ4v) is 3.03. The molecule has 0 bridgehead atoms. The predicted octanol–water partition coefficient (Wildman–Crippen LogP) is 2.56. The zero-order valence-corrected chi connectivity index (χ0v) is 12.9. The van der Waals surface area contributed by atoms with Crippen molar-refractivity contribution in [3.8, 4) is 11.1 Å². The number of aromatic nitrogens is 5. The molecule has 1 fully saturated rings. The maximum Gasteiger partial charge on any atom is 0.154 e. The molecule has 0 radical (unpaired) electrons. The Labute approximate surface area is 128 Å². The standard InChI is InChI=1S/C16H19N5O/c1-11-8-17-16-7-15(12(2)19-21(11)16)13-9-18-20(10-13)14-3-5-22-6-4-14/h7-10,14H,3-6H2,1-2H3. The van der Waals surface area contributed by atoms with Gasteiger partial charge >= 0.3 is 0 Å². The average Bonchev–Trinajstić information content (AvgIpc) is 3.16. The maximum atomic E-state index is 5.42. The summed E-state index contributed by atoms with van der Waals surface area (Å²) in [5.74, 6) is 0. The minimum atomic E-state index is 0.438. The first kappa shape index (κ1) is 13.5. The molecule has 6 heteroatoms. The monoisotopic (exact) mass is 297 g/mol. The third kappa shape index (κ3) is 2.20. The Morgan fingerprint density at radius 3 is 2.82 bits per heavy atom. The zero-order valence-electron chi connectivity index (χ0n) is 12.9. The molecule has 3 aromatic heterocycles. The molecule has 1 aliphatic heterocycles. The molecule has 1 aliphatic rings. The van der Waals surface area contributed by atoms with Crippen molar-refractivity contribution in [2.24, 2.45) is 0 Å². The van der Waals surface area contributed by atoms with E-state index in [1.54, 1.807) is 0 Å². The lowest BCUT2D eigenvalue weighted by Gasteiger charge is -2.22. The van der Waals surface area contributed by atoms with Gasteiger partial charge in [-0.2, -0.15) is 10.2 Å². The molecule has 0 aromatic carbocycles. The molecule has 1 saturated heterocycles. The zero-order chi connectivity index (χ0) is 15.1. The molecular formula is C16H19N5O. The van der Waals surface area contributed by atoms with E-state index in [0.717, 1.165) is 54.2 Å². The topological polar surface area (TPSA) is 57.2 Å². The van der Waals surface area contributed by atoms with Crippen LogP contribution in [0, 0.1) is 13.8 Å². The molecule has 6 nitrogen and oxygen atoms in total. The smallest absolute Gasteiger partial charge is 0.154 e. The first-order valence-corrected chi connectivity index (χ1v) is 7.66. The lowest BCUT2D eigenvalue weighted by Crippen LogP contribution is -2.19. The fraction of sp³-hybridized carbons (Fsp3) is 0.438. The van der Waals surface area contributed by atoms with Crippen molar-refractivity contribution in [2.75, 3.05) is 13.2 Å². The molecule has 4 heterocycles. The van der Waals surface area contributed by atoms with Gasteiger partial charge in [-0.05, 0) is 32.8 Å². The largest absolute Gasteiger partial charge is 0.381 e. The number of hydrogen-bond donors (Lipinski definition) is 0. The van der Waals surface area contributed by atoms with E-state index in [9.17, 15) is 0 Å². The van der Waals surface area contributed by atoms with Gasteiger partial charge in [0.25, 0.3) is 0 Å². The van der Waals surface area contributed by atoms with Crippen molar-refractivity contribution in [1.82, 2.24) is 24.4 Å². The Morgan fingerprint density at radius 1 is 1.18 bits per heavy atom. The molecular weight excluding hydrogens is 278 g/mol. The number of rotatable bonds is 2. The van der Waals surface area contributed by atoms with Gasteiger partial charge in [-0.3, -0.25) is 4.68 Å². The van der Waals surface area contributed by atoms with Crippen molar-refractivity contribution in [3.63, 3.8) is 0 Å². The number of fused-ring (bicyclic) bond motifs is 1. The lowest BCUT2D eigenvalue weighted by atomic mass is 10.1. The van der Waals surface area contributed by atoms with Crippen LogP contribution in [0.25, 0.3) is 16.8 Å². The summed E-state index contributed by atoms with van der Waals surface area (Å²) in [5, 5.41) is 9.18. The normalized spacial score (nSPS) is 16.5. The molecule has 22 heavy (non-hydrogen) atoms. The second-order valence-corrected chi connectivity index (χ2v) is 5.87. The molecule has 0 aliphatic carbocycles. The molecule has 0 spiro atoms. The SMILES string of the molecule is Cc1nn2c(C)cnc2cc1-c1cnn(C2CCOCC2)c1. The lowest BCUT2D eigenvalue weighted by molar-refractivity contribution is 0.0662. The Kier molecular flexibility index (Phi) is 3.18. The maximum absolute atomic E-state index is 5.42. The number of ether oxygens (including phenoxy) is 1. The van der Waals surface area contributed by atoms with Crippen molar-refractivity contribution in [2.45, 2.75) is 32.7 Å². The number of hydrogen-bond acceptors (Lipinski definition) is 4. The van der Waals surface area contributed by atoms with Crippen LogP contribution in [-0.2, 0) is 4.74 Å². The number of imidazole rings is 1. The summed E-state index contributed by atoms with van der Waals surface area (Å²) < 4.78 is 9.36. The minimum absolute atomic E-state index is 0.438. The van der Waals surface area contributed by atoms with Gasteiger partial charge < -0.3 is 4.74 Å². The van der Waals surface area contributed by atoms with Crippen molar-refractivity contribution < 1.29 is 4.74 Å². The predicted molar refractivity (Wildman–Crippen MR) is 82.8 cm³/mol. The third-order valence-corrected chi connectivity index (χ3v) is 4.33. The van der Waals surface area contributed by atoms with Crippen LogP contribution in [0.4, 0.5) is 0 Å². The van der Waals surface area contributed by atoms with Crippen LogP contribution in [0.15, 0.2) is 24.7 Å². The van der Waals surface area contributed by atoms with Gasteiger partial charge in [-0.25, -0.2) is 9.50 Å². The van der Waals surface area contributed by atoms with Crippen LogP contribution in [0.5, 0.6) is 0 Å². The summed E-state index contributed by atoms with van der Waals surface area (Å²) >= 11 is 0. The molecule has 114 valence electrons.